The highest BCUT2D eigenvalue weighted by molar-refractivity contribution is 5.79. The number of rotatable bonds is 3. The van der Waals surface area contributed by atoms with Crippen molar-refractivity contribution >= 4 is 10.9 Å². The number of hydrogen-bond donors (Lipinski definition) is 2. The Kier molecular flexibility index (Phi) is 3.01. The quantitative estimate of drug-likeness (QED) is 0.809. The Morgan fingerprint density at radius 3 is 2.75 bits per heavy atom. The highest BCUT2D eigenvalue weighted by Gasteiger charge is 2.08. The number of aromatic amines is 1. The summed E-state index contributed by atoms with van der Waals surface area (Å²) < 4.78 is 0. The van der Waals surface area contributed by atoms with E-state index in [0.29, 0.717) is 5.41 Å². The van der Waals surface area contributed by atoms with Gasteiger partial charge in [-0.15, -0.1) is 0 Å². The maximum Gasteiger partial charge on any atom is 0.0457 e. The zero-order chi connectivity index (χ0) is 11.6. The Balaban J connectivity index is 1.99. The van der Waals surface area contributed by atoms with Crippen molar-refractivity contribution in [1.29, 1.82) is 0 Å². The van der Waals surface area contributed by atoms with Crippen molar-refractivity contribution in [3.05, 3.63) is 36.0 Å². The lowest BCUT2D eigenvalue weighted by molar-refractivity contribution is 0.379. The molecule has 1 heterocycles. The normalized spacial score (nSPS) is 12.2. The molecule has 0 saturated heterocycles. The molecule has 1 aromatic carbocycles. The molecule has 2 heteroatoms. The Labute approximate surface area is 97.1 Å². The fourth-order valence-corrected chi connectivity index (χ4v) is 1.79. The van der Waals surface area contributed by atoms with E-state index >= 15 is 0 Å². The number of benzene rings is 1. The molecule has 2 N–H and O–H groups in total. The number of aromatic nitrogens is 1. The first kappa shape index (κ1) is 11.2. The molecular weight excluding hydrogens is 196 g/mol. The van der Waals surface area contributed by atoms with Crippen LogP contribution in [0.25, 0.3) is 10.9 Å². The SMILES string of the molecule is CC(C)(C)CNCc1ccc2cc[nH]c2c1. The molecule has 0 bridgehead atoms. The average molecular weight is 216 g/mol. The molecule has 0 spiro atoms. The van der Waals surface area contributed by atoms with Crippen LogP contribution in [-0.2, 0) is 6.54 Å². The van der Waals surface area contributed by atoms with Crippen LogP contribution in [0.1, 0.15) is 26.3 Å². The van der Waals surface area contributed by atoms with Crippen molar-refractivity contribution in [2.45, 2.75) is 27.3 Å². The molecular formula is C14H20N2. The topological polar surface area (TPSA) is 27.8 Å². The third-order valence-corrected chi connectivity index (χ3v) is 2.60. The highest BCUT2D eigenvalue weighted by atomic mass is 14.9. The minimum atomic E-state index is 0.344. The Hall–Kier alpha value is -1.28. The van der Waals surface area contributed by atoms with E-state index in [2.05, 4.69) is 55.3 Å². The number of fused-ring (bicyclic) bond motifs is 1. The van der Waals surface area contributed by atoms with Gasteiger partial charge in [-0.25, -0.2) is 0 Å². The smallest absolute Gasteiger partial charge is 0.0457 e. The van der Waals surface area contributed by atoms with Crippen molar-refractivity contribution in [2.75, 3.05) is 6.54 Å². The maximum atomic E-state index is 3.48. The molecule has 16 heavy (non-hydrogen) atoms. The number of nitrogens with one attached hydrogen (secondary N) is 2. The third kappa shape index (κ3) is 2.86. The van der Waals surface area contributed by atoms with E-state index < -0.39 is 0 Å². The molecule has 2 aromatic rings. The van der Waals surface area contributed by atoms with E-state index in [1.165, 1.54) is 16.5 Å². The Morgan fingerprint density at radius 1 is 1.19 bits per heavy atom. The zero-order valence-corrected chi connectivity index (χ0v) is 10.3. The van der Waals surface area contributed by atoms with E-state index in [9.17, 15) is 0 Å². The summed E-state index contributed by atoms with van der Waals surface area (Å²) in [7, 11) is 0. The summed E-state index contributed by atoms with van der Waals surface area (Å²) in [5.41, 5.74) is 2.89. The van der Waals surface area contributed by atoms with Crippen molar-refractivity contribution in [2.24, 2.45) is 5.41 Å². The number of hydrogen-bond acceptors (Lipinski definition) is 1. The molecule has 0 fully saturated rings. The molecule has 0 saturated carbocycles. The Morgan fingerprint density at radius 2 is 2.00 bits per heavy atom. The fourth-order valence-electron chi connectivity index (χ4n) is 1.79. The lowest BCUT2D eigenvalue weighted by atomic mass is 9.97. The summed E-state index contributed by atoms with van der Waals surface area (Å²) in [5.74, 6) is 0. The number of H-pyrrole nitrogens is 1. The summed E-state index contributed by atoms with van der Waals surface area (Å²) >= 11 is 0. The van der Waals surface area contributed by atoms with Crippen LogP contribution in [-0.4, -0.2) is 11.5 Å². The molecule has 0 radical (unpaired) electrons. The first-order valence-electron chi connectivity index (χ1n) is 5.81. The Bertz CT molecular complexity index is 463. The summed E-state index contributed by atoms with van der Waals surface area (Å²) in [6, 6.07) is 8.67. The second kappa shape index (κ2) is 4.30. The van der Waals surface area contributed by atoms with Crippen molar-refractivity contribution in [3.8, 4) is 0 Å². The van der Waals surface area contributed by atoms with Gasteiger partial charge in [-0.05, 0) is 28.5 Å². The minimum absolute atomic E-state index is 0.344. The van der Waals surface area contributed by atoms with Gasteiger partial charge in [-0.2, -0.15) is 0 Å². The van der Waals surface area contributed by atoms with Crippen LogP contribution in [0.2, 0.25) is 0 Å². The van der Waals surface area contributed by atoms with Gasteiger partial charge in [0.2, 0.25) is 0 Å². The van der Waals surface area contributed by atoms with Crippen LogP contribution < -0.4 is 5.32 Å². The average Bonchev–Trinajstić information content (AvgIpc) is 2.62. The van der Waals surface area contributed by atoms with Gasteiger partial charge in [0.15, 0.2) is 0 Å². The summed E-state index contributed by atoms with van der Waals surface area (Å²) in [5, 5.41) is 4.76. The molecule has 1 aromatic heterocycles. The maximum absolute atomic E-state index is 3.48. The summed E-state index contributed by atoms with van der Waals surface area (Å²) in [6.07, 6.45) is 1.98. The second-order valence-electron chi connectivity index (χ2n) is 5.56. The van der Waals surface area contributed by atoms with E-state index in [1.54, 1.807) is 0 Å². The van der Waals surface area contributed by atoms with Crippen LogP contribution in [0.3, 0.4) is 0 Å². The summed E-state index contributed by atoms with van der Waals surface area (Å²) in [6.45, 7) is 8.71. The van der Waals surface area contributed by atoms with Crippen LogP contribution in [0.15, 0.2) is 30.5 Å². The predicted octanol–water partition coefficient (Wildman–Crippen LogP) is 3.30. The predicted molar refractivity (Wildman–Crippen MR) is 69.5 cm³/mol. The molecule has 2 rings (SSSR count). The molecule has 0 unspecified atom stereocenters. The molecule has 0 aliphatic heterocycles. The van der Waals surface area contributed by atoms with Crippen molar-refractivity contribution in [1.82, 2.24) is 10.3 Å². The van der Waals surface area contributed by atoms with Gasteiger partial charge >= 0.3 is 0 Å². The molecule has 0 aliphatic rings. The lowest BCUT2D eigenvalue weighted by Crippen LogP contribution is -2.26. The van der Waals surface area contributed by atoms with E-state index in [4.69, 9.17) is 0 Å². The standard InChI is InChI=1S/C14H20N2/c1-14(2,3)10-15-9-11-4-5-12-6-7-16-13(12)8-11/h4-8,15-16H,9-10H2,1-3H3. The molecule has 0 aliphatic carbocycles. The van der Waals surface area contributed by atoms with Crippen LogP contribution >= 0.6 is 0 Å². The van der Waals surface area contributed by atoms with E-state index in [1.807, 2.05) is 6.20 Å². The largest absolute Gasteiger partial charge is 0.361 e. The summed E-state index contributed by atoms with van der Waals surface area (Å²) in [4.78, 5) is 3.24. The highest BCUT2D eigenvalue weighted by Crippen LogP contribution is 2.15. The molecule has 0 atom stereocenters. The van der Waals surface area contributed by atoms with Gasteiger partial charge in [-0.1, -0.05) is 32.9 Å². The van der Waals surface area contributed by atoms with Gasteiger partial charge in [0.25, 0.3) is 0 Å². The van der Waals surface area contributed by atoms with Crippen LogP contribution in [0.4, 0.5) is 0 Å². The van der Waals surface area contributed by atoms with Gasteiger partial charge in [0.05, 0.1) is 0 Å². The second-order valence-corrected chi connectivity index (χ2v) is 5.56. The molecule has 0 amide bonds. The molecule has 86 valence electrons. The van der Waals surface area contributed by atoms with Crippen LogP contribution in [0.5, 0.6) is 0 Å². The van der Waals surface area contributed by atoms with Gasteiger partial charge < -0.3 is 10.3 Å². The van der Waals surface area contributed by atoms with Gasteiger partial charge in [0, 0.05) is 24.8 Å². The van der Waals surface area contributed by atoms with Crippen molar-refractivity contribution < 1.29 is 0 Å². The first-order chi connectivity index (χ1) is 7.54. The van der Waals surface area contributed by atoms with Crippen LogP contribution in [0, 0.1) is 5.41 Å². The van der Waals surface area contributed by atoms with E-state index in [-0.39, 0.29) is 0 Å². The lowest BCUT2D eigenvalue weighted by Gasteiger charge is -2.18. The van der Waals surface area contributed by atoms with Crippen molar-refractivity contribution in [3.63, 3.8) is 0 Å². The fraction of sp³-hybridized carbons (Fsp3) is 0.429. The third-order valence-electron chi connectivity index (χ3n) is 2.60. The monoisotopic (exact) mass is 216 g/mol. The van der Waals surface area contributed by atoms with E-state index in [0.717, 1.165) is 13.1 Å². The van der Waals surface area contributed by atoms with Gasteiger partial charge in [-0.3, -0.25) is 0 Å². The van der Waals surface area contributed by atoms with Gasteiger partial charge in [0.1, 0.15) is 0 Å². The zero-order valence-electron chi connectivity index (χ0n) is 10.3. The molecule has 2 nitrogen and oxygen atoms in total. The minimum Gasteiger partial charge on any atom is -0.361 e. The first-order valence-corrected chi connectivity index (χ1v) is 5.81.